The second-order valence-electron chi connectivity index (χ2n) is 3.88. The molecule has 1 saturated heterocycles. The molecule has 1 aliphatic heterocycles. The quantitative estimate of drug-likeness (QED) is 0.910. The van der Waals surface area contributed by atoms with E-state index in [9.17, 15) is 9.59 Å². The summed E-state index contributed by atoms with van der Waals surface area (Å²) in [4.78, 5) is 28.4. The highest BCUT2D eigenvalue weighted by Gasteiger charge is 2.25. The van der Waals surface area contributed by atoms with E-state index in [1.807, 2.05) is 0 Å². The number of nitrogens with zero attached hydrogens (tertiary/aromatic N) is 2. The third kappa shape index (κ3) is 3.05. The Hall–Kier alpha value is -1.73. The normalized spacial score (nSPS) is 16.6. The van der Waals surface area contributed by atoms with Crippen molar-refractivity contribution in [3.63, 3.8) is 0 Å². The van der Waals surface area contributed by atoms with Crippen LogP contribution in [0.1, 0.15) is 0 Å². The molecule has 0 saturated carbocycles. The Morgan fingerprint density at radius 1 is 1.55 bits per heavy atom. The number of carbonyl (C=O) groups is 2. The summed E-state index contributed by atoms with van der Waals surface area (Å²) in [5, 5.41) is 3.27. The van der Waals surface area contributed by atoms with Crippen molar-refractivity contribution in [3.05, 3.63) is 23.2 Å². The summed E-state index contributed by atoms with van der Waals surface area (Å²) in [5.41, 5.74) is 0.350. The van der Waals surface area contributed by atoms with Crippen LogP contribution in [0.25, 0.3) is 0 Å². The average molecular weight is 314 g/mol. The number of amidine groups is 1. The van der Waals surface area contributed by atoms with Gasteiger partial charge < -0.3 is 10.1 Å². The van der Waals surface area contributed by atoms with Gasteiger partial charge in [0.15, 0.2) is 5.17 Å². The van der Waals surface area contributed by atoms with Gasteiger partial charge in [-0.15, -0.1) is 0 Å². The number of halogens is 1. The van der Waals surface area contributed by atoms with Crippen molar-refractivity contribution in [1.82, 2.24) is 4.90 Å². The molecule has 1 N–H and O–H groups in total. The van der Waals surface area contributed by atoms with Crippen molar-refractivity contribution in [1.29, 1.82) is 0 Å². The summed E-state index contributed by atoms with van der Waals surface area (Å²) in [6.07, 6.45) is 0. The molecular formula is C12H12ClN3O3S. The van der Waals surface area contributed by atoms with Crippen molar-refractivity contribution >= 4 is 46.2 Å². The third-order valence-electron chi connectivity index (χ3n) is 2.61. The molecular weight excluding hydrogens is 302 g/mol. The SMILES string of the molecule is COc1cccc(Cl)c1NC(=O)N=C1SCC(=O)N1C. The van der Waals surface area contributed by atoms with Crippen LogP contribution in [0.3, 0.4) is 0 Å². The van der Waals surface area contributed by atoms with Crippen LogP contribution in [-0.4, -0.2) is 41.9 Å². The zero-order valence-corrected chi connectivity index (χ0v) is 12.4. The Bertz CT molecular complexity index is 591. The summed E-state index contributed by atoms with van der Waals surface area (Å²) >= 11 is 7.22. The predicted octanol–water partition coefficient (Wildman–Crippen LogP) is 2.44. The lowest BCUT2D eigenvalue weighted by molar-refractivity contribution is -0.123. The number of nitrogens with one attached hydrogen (secondary N) is 1. The number of hydrogen-bond acceptors (Lipinski definition) is 4. The van der Waals surface area contributed by atoms with E-state index in [4.69, 9.17) is 16.3 Å². The summed E-state index contributed by atoms with van der Waals surface area (Å²) in [7, 11) is 3.05. The summed E-state index contributed by atoms with van der Waals surface area (Å²) in [6, 6.07) is 4.41. The van der Waals surface area contributed by atoms with E-state index in [-0.39, 0.29) is 11.7 Å². The van der Waals surface area contributed by atoms with E-state index in [0.29, 0.717) is 21.6 Å². The number of thioether (sulfide) groups is 1. The van der Waals surface area contributed by atoms with Gasteiger partial charge in [-0.3, -0.25) is 9.69 Å². The summed E-state index contributed by atoms with van der Waals surface area (Å²) in [5.74, 6) is 0.643. The fourth-order valence-corrected chi connectivity index (χ4v) is 2.65. The first-order chi connectivity index (χ1) is 9.52. The Balaban J connectivity index is 2.17. The van der Waals surface area contributed by atoms with Gasteiger partial charge in [0.25, 0.3) is 0 Å². The van der Waals surface area contributed by atoms with Crippen LogP contribution in [0.15, 0.2) is 23.2 Å². The van der Waals surface area contributed by atoms with E-state index >= 15 is 0 Å². The number of amides is 3. The molecule has 1 aromatic rings. The van der Waals surface area contributed by atoms with Crippen LogP contribution in [-0.2, 0) is 4.79 Å². The van der Waals surface area contributed by atoms with Gasteiger partial charge in [-0.05, 0) is 12.1 Å². The molecule has 3 amide bonds. The number of methoxy groups -OCH3 is 1. The highest BCUT2D eigenvalue weighted by molar-refractivity contribution is 8.15. The number of para-hydroxylation sites is 1. The number of aliphatic imine (C=N–C) groups is 1. The minimum atomic E-state index is -0.611. The van der Waals surface area contributed by atoms with Gasteiger partial charge in [-0.25, -0.2) is 4.79 Å². The number of anilines is 1. The van der Waals surface area contributed by atoms with Crippen LogP contribution >= 0.6 is 23.4 Å². The molecule has 6 nitrogen and oxygen atoms in total. The van der Waals surface area contributed by atoms with Crippen molar-refractivity contribution in [2.24, 2.45) is 4.99 Å². The van der Waals surface area contributed by atoms with Gasteiger partial charge >= 0.3 is 6.03 Å². The monoisotopic (exact) mass is 313 g/mol. The van der Waals surface area contributed by atoms with Crippen molar-refractivity contribution in [2.45, 2.75) is 0 Å². The maximum Gasteiger partial charge on any atom is 0.347 e. The van der Waals surface area contributed by atoms with E-state index in [1.54, 1.807) is 25.2 Å². The number of hydrogen-bond donors (Lipinski definition) is 1. The molecule has 106 valence electrons. The minimum absolute atomic E-state index is 0.0862. The fraction of sp³-hybridized carbons (Fsp3) is 0.250. The average Bonchev–Trinajstić information content (AvgIpc) is 2.73. The van der Waals surface area contributed by atoms with Gasteiger partial charge in [0.05, 0.1) is 17.9 Å². The zero-order chi connectivity index (χ0) is 14.7. The Kier molecular flexibility index (Phi) is 4.51. The topological polar surface area (TPSA) is 71.0 Å². The van der Waals surface area contributed by atoms with E-state index < -0.39 is 6.03 Å². The van der Waals surface area contributed by atoms with E-state index in [2.05, 4.69) is 10.3 Å². The number of benzene rings is 1. The highest BCUT2D eigenvalue weighted by Crippen LogP contribution is 2.32. The highest BCUT2D eigenvalue weighted by atomic mass is 35.5. The van der Waals surface area contributed by atoms with Gasteiger partial charge in [0.2, 0.25) is 5.91 Å². The lowest BCUT2D eigenvalue weighted by atomic mass is 10.3. The molecule has 1 heterocycles. The van der Waals surface area contributed by atoms with E-state index in [0.717, 1.165) is 0 Å². The standard InChI is InChI=1S/C12H12ClN3O3S/c1-16-9(17)6-20-12(16)15-11(18)14-10-7(13)4-3-5-8(10)19-2/h3-5H,6H2,1-2H3,(H,14,18). The predicted molar refractivity (Wildman–Crippen MR) is 79.7 cm³/mol. The van der Waals surface area contributed by atoms with Crippen molar-refractivity contribution < 1.29 is 14.3 Å². The number of ether oxygens (including phenoxy) is 1. The molecule has 1 aromatic carbocycles. The molecule has 0 aliphatic carbocycles. The second-order valence-corrected chi connectivity index (χ2v) is 5.23. The Labute approximate surface area is 125 Å². The van der Waals surface area contributed by atoms with Gasteiger partial charge in [-0.1, -0.05) is 29.4 Å². The summed E-state index contributed by atoms with van der Waals surface area (Å²) in [6.45, 7) is 0. The molecule has 0 aromatic heterocycles. The van der Waals surface area contributed by atoms with Crippen molar-refractivity contribution in [3.8, 4) is 5.75 Å². The zero-order valence-electron chi connectivity index (χ0n) is 10.8. The molecule has 2 rings (SSSR count). The number of carbonyl (C=O) groups excluding carboxylic acids is 2. The van der Waals surface area contributed by atoms with E-state index in [1.165, 1.54) is 23.8 Å². The molecule has 1 aliphatic rings. The minimum Gasteiger partial charge on any atom is -0.495 e. The van der Waals surface area contributed by atoms with Crippen LogP contribution in [0, 0.1) is 0 Å². The smallest absolute Gasteiger partial charge is 0.347 e. The largest absolute Gasteiger partial charge is 0.495 e. The lowest BCUT2D eigenvalue weighted by Gasteiger charge is -2.11. The van der Waals surface area contributed by atoms with Gasteiger partial charge in [0.1, 0.15) is 11.4 Å². The van der Waals surface area contributed by atoms with Crippen LogP contribution < -0.4 is 10.1 Å². The first kappa shape index (κ1) is 14.7. The Morgan fingerprint density at radius 2 is 2.30 bits per heavy atom. The molecule has 0 atom stereocenters. The molecule has 20 heavy (non-hydrogen) atoms. The Morgan fingerprint density at radius 3 is 2.90 bits per heavy atom. The number of urea groups is 1. The second kappa shape index (κ2) is 6.15. The molecule has 0 radical (unpaired) electrons. The summed E-state index contributed by atoms with van der Waals surface area (Å²) < 4.78 is 5.12. The van der Waals surface area contributed by atoms with Gasteiger partial charge in [0, 0.05) is 7.05 Å². The molecule has 8 heteroatoms. The third-order valence-corrected chi connectivity index (χ3v) is 3.94. The van der Waals surface area contributed by atoms with Crippen molar-refractivity contribution in [2.75, 3.05) is 25.2 Å². The molecule has 0 unspecified atom stereocenters. The number of rotatable bonds is 2. The molecule has 0 spiro atoms. The molecule has 1 fully saturated rings. The molecule has 0 bridgehead atoms. The maximum absolute atomic E-state index is 11.9. The van der Waals surface area contributed by atoms with Crippen LogP contribution in [0.4, 0.5) is 10.5 Å². The lowest BCUT2D eigenvalue weighted by Crippen LogP contribution is -2.25. The van der Waals surface area contributed by atoms with Gasteiger partial charge in [-0.2, -0.15) is 4.99 Å². The van der Waals surface area contributed by atoms with Crippen LogP contribution in [0.2, 0.25) is 5.02 Å². The first-order valence-electron chi connectivity index (χ1n) is 5.64. The maximum atomic E-state index is 11.9. The first-order valence-corrected chi connectivity index (χ1v) is 7.01. The fourth-order valence-electron chi connectivity index (χ4n) is 1.55. The van der Waals surface area contributed by atoms with Crippen LogP contribution in [0.5, 0.6) is 5.75 Å².